The van der Waals surface area contributed by atoms with Crippen molar-refractivity contribution in [2.45, 2.75) is 148 Å². The van der Waals surface area contributed by atoms with Gasteiger partial charge in [-0.3, -0.25) is 0 Å². The van der Waals surface area contributed by atoms with Gasteiger partial charge in [-0.2, -0.15) is 0 Å². The quantitative estimate of drug-likeness (QED) is 0.105. The van der Waals surface area contributed by atoms with Crippen LogP contribution in [-0.4, -0.2) is 23.3 Å². The average Bonchev–Trinajstić information content (AvgIpc) is 2.69. The molecule has 2 nitrogen and oxygen atoms in total. The van der Waals surface area contributed by atoms with Crippen LogP contribution < -0.4 is 0 Å². The van der Waals surface area contributed by atoms with Gasteiger partial charge >= 0.3 is 0 Å². The molecular weight excluding hydrogens is 364 g/mol. The highest BCUT2D eigenvalue weighted by atomic mass is 32.1. The van der Waals surface area contributed by atoms with Crippen LogP contribution in [-0.2, 0) is 4.74 Å². The smallest absolute Gasteiger partial charge is 0.123 e. The Morgan fingerprint density at radius 1 is 0.607 bits per heavy atom. The van der Waals surface area contributed by atoms with Crippen LogP contribution >= 0.6 is 12.6 Å². The Hall–Kier alpha value is 0.270. The molecule has 3 heteroatoms. The molecule has 0 aliphatic carbocycles. The van der Waals surface area contributed by atoms with E-state index in [1.807, 2.05) is 0 Å². The fraction of sp³-hybridized carbons (Fsp3) is 1.00. The van der Waals surface area contributed by atoms with Crippen LogP contribution in [0.1, 0.15) is 136 Å². The Kier molecular flexibility index (Phi) is 22.2. The summed E-state index contributed by atoms with van der Waals surface area (Å²) in [6.45, 7) is 7.59. The van der Waals surface area contributed by atoms with E-state index in [0.29, 0.717) is 0 Å². The first-order chi connectivity index (χ1) is 13.7. The van der Waals surface area contributed by atoms with Gasteiger partial charge in [-0.15, -0.1) is 12.6 Å². The van der Waals surface area contributed by atoms with Crippen LogP contribution in [0.2, 0.25) is 0 Å². The lowest BCUT2D eigenvalue weighted by Crippen LogP contribution is -2.26. The first-order valence-corrected chi connectivity index (χ1v) is 13.1. The lowest BCUT2D eigenvalue weighted by atomic mass is 9.90. The molecule has 0 saturated carbocycles. The Morgan fingerprint density at radius 3 is 1.68 bits per heavy atom. The van der Waals surface area contributed by atoms with E-state index in [4.69, 9.17) is 4.74 Å². The van der Waals surface area contributed by atoms with Crippen molar-refractivity contribution in [1.29, 1.82) is 0 Å². The highest BCUT2D eigenvalue weighted by molar-refractivity contribution is 7.80. The van der Waals surface area contributed by atoms with Crippen LogP contribution in [0.4, 0.5) is 0 Å². The van der Waals surface area contributed by atoms with E-state index >= 15 is 0 Å². The molecule has 0 radical (unpaired) electrons. The second kappa shape index (κ2) is 22.0. The minimum absolute atomic E-state index is 0.104. The van der Waals surface area contributed by atoms with Crippen LogP contribution in [0, 0.1) is 5.92 Å². The summed E-state index contributed by atoms with van der Waals surface area (Å²) in [4.78, 5) is 0. The fourth-order valence-corrected chi connectivity index (χ4v) is 4.21. The molecule has 1 N–H and O–H groups in total. The van der Waals surface area contributed by atoms with Gasteiger partial charge in [0, 0.05) is 6.61 Å². The van der Waals surface area contributed by atoms with Crippen LogP contribution in [0.25, 0.3) is 0 Å². The van der Waals surface area contributed by atoms with Gasteiger partial charge in [0.15, 0.2) is 0 Å². The number of rotatable bonds is 22. The zero-order valence-electron chi connectivity index (χ0n) is 19.5. The van der Waals surface area contributed by atoms with Crippen molar-refractivity contribution in [3.63, 3.8) is 0 Å². The lowest BCUT2D eigenvalue weighted by molar-refractivity contribution is -0.0103. The van der Waals surface area contributed by atoms with E-state index in [0.717, 1.165) is 25.4 Å². The third kappa shape index (κ3) is 18.3. The molecule has 3 unspecified atom stereocenters. The molecule has 28 heavy (non-hydrogen) atoms. The summed E-state index contributed by atoms with van der Waals surface area (Å²) in [5, 5.41) is 10.0. The second-order valence-corrected chi connectivity index (χ2v) is 9.26. The van der Waals surface area contributed by atoms with Crippen molar-refractivity contribution >= 4 is 12.6 Å². The highest BCUT2D eigenvalue weighted by Crippen LogP contribution is 2.25. The topological polar surface area (TPSA) is 29.5 Å². The Labute approximate surface area is 183 Å². The number of aliphatic hydroxyl groups is 1. The summed E-state index contributed by atoms with van der Waals surface area (Å²) in [5.41, 5.74) is -0.652. The molecule has 0 fully saturated rings. The molecule has 0 spiro atoms. The molecule has 0 aromatic heterocycles. The Morgan fingerprint density at radius 2 is 1.11 bits per heavy atom. The van der Waals surface area contributed by atoms with Crippen molar-refractivity contribution in [3.05, 3.63) is 0 Å². The minimum atomic E-state index is -0.652. The predicted octanol–water partition coefficient (Wildman–Crippen LogP) is 8.32. The zero-order chi connectivity index (χ0) is 20.9. The number of hydrogen-bond donors (Lipinski definition) is 2. The largest absolute Gasteiger partial charge is 0.380 e. The first-order valence-electron chi connectivity index (χ1n) is 12.6. The monoisotopic (exact) mass is 416 g/mol. The van der Waals surface area contributed by atoms with Crippen molar-refractivity contribution in [2.75, 3.05) is 6.61 Å². The van der Waals surface area contributed by atoms with E-state index in [9.17, 15) is 5.11 Å². The normalized spacial score (nSPS) is 14.9. The van der Waals surface area contributed by atoms with Gasteiger partial charge in [0.05, 0.1) is 6.10 Å². The Bertz CT molecular complexity index is 296. The summed E-state index contributed by atoms with van der Waals surface area (Å²) >= 11 is 4.29. The van der Waals surface area contributed by atoms with Gasteiger partial charge in [0.1, 0.15) is 5.44 Å². The maximum Gasteiger partial charge on any atom is 0.123 e. The van der Waals surface area contributed by atoms with Gasteiger partial charge in [-0.1, -0.05) is 117 Å². The van der Waals surface area contributed by atoms with Crippen LogP contribution in [0.5, 0.6) is 0 Å². The molecule has 0 aliphatic rings. The van der Waals surface area contributed by atoms with E-state index < -0.39 is 5.44 Å². The summed E-state index contributed by atoms with van der Waals surface area (Å²) in [6, 6.07) is 0. The molecule has 170 valence electrons. The molecule has 0 saturated heterocycles. The predicted molar refractivity (Wildman–Crippen MR) is 128 cm³/mol. The fourth-order valence-electron chi connectivity index (χ4n) is 3.97. The van der Waals surface area contributed by atoms with Gasteiger partial charge in [0.2, 0.25) is 0 Å². The Balaban J connectivity index is 3.97. The second-order valence-electron chi connectivity index (χ2n) is 8.73. The van der Waals surface area contributed by atoms with Gasteiger partial charge in [-0.05, 0) is 25.2 Å². The molecule has 0 rings (SSSR count). The van der Waals surface area contributed by atoms with E-state index in [1.165, 1.54) is 103 Å². The summed E-state index contributed by atoms with van der Waals surface area (Å²) in [7, 11) is 0. The maximum absolute atomic E-state index is 10.0. The standard InChI is InChI=1S/C25H52O2S/c1-4-7-10-12-13-14-15-17-22-27-24(25(26)28)21-20-23(18-9-6-3)19-16-11-8-5-2/h23-26,28H,4-22H2,1-3H3. The zero-order valence-corrected chi connectivity index (χ0v) is 20.4. The third-order valence-corrected chi connectivity index (χ3v) is 6.29. The maximum atomic E-state index is 10.0. The third-order valence-electron chi connectivity index (χ3n) is 5.95. The molecule has 0 aromatic carbocycles. The van der Waals surface area contributed by atoms with E-state index in [-0.39, 0.29) is 6.10 Å². The SMILES string of the molecule is CCCCCCCCCCOC(CCC(CCCC)CCCCCC)C(O)S. The van der Waals surface area contributed by atoms with Crippen LogP contribution in [0.15, 0.2) is 0 Å². The van der Waals surface area contributed by atoms with Crippen molar-refractivity contribution in [3.8, 4) is 0 Å². The number of ether oxygens (including phenoxy) is 1. The van der Waals surface area contributed by atoms with Gasteiger partial charge in [0.25, 0.3) is 0 Å². The van der Waals surface area contributed by atoms with E-state index in [2.05, 4.69) is 33.4 Å². The van der Waals surface area contributed by atoms with Crippen molar-refractivity contribution in [2.24, 2.45) is 5.92 Å². The van der Waals surface area contributed by atoms with Crippen molar-refractivity contribution in [1.82, 2.24) is 0 Å². The molecule has 0 bridgehead atoms. The average molecular weight is 417 g/mol. The molecule has 0 amide bonds. The van der Waals surface area contributed by atoms with Gasteiger partial charge in [-0.25, -0.2) is 0 Å². The number of aliphatic hydroxyl groups excluding tert-OH is 1. The van der Waals surface area contributed by atoms with Crippen LogP contribution in [0.3, 0.4) is 0 Å². The van der Waals surface area contributed by atoms with E-state index in [1.54, 1.807) is 0 Å². The summed E-state index contributed by atoms with van der Waals surface area (Å²) in [5.74, 6) is 0.790. The molecule has 0 heterocycles. The summed E-state index contributed by atoms with van der Waals surface area (Å²) in [6.07, 6.45) is 23.2. The lowest BCUT2D eigenvalue weighted by Gasteiger charge is -2.23. The minimum Gasteiger partial charge on any atom is -0.380 e. The molecular formula is C25H52O2S. The van der Waals surface area contributed by atoms with Crippen molar-refractivity contribution < 1.29 is 9.84 Å². The number of thiol groups is 1. The first kappa shape index (κ1) is 28.3. The number of hydrogen-bond acceptors (Lipinski definition) is 3. The number of unbranched alkanes of at least 4 members (excludes halogenated alkanes) is 11. The van der Waals surface area contributed by atoms with Gasteiger partial charge < -0.3 is 9.84 Å². The summed E-state index contributed by atoms with van der Waals surface area (Å²) < 4.78 is 6.02. The molecule has 0 aromatic rings. The molecule has 0 aliphatic heterocycles. The molecule has 3 atom stereocenters. The highest BCUT2D eigenvalue weighted by Gasteiger charge is 2.19.